The van der Waals surface area contributed by atoms with Gasteiger partial charge < -0.3 is 5.11 Å². The molecule has 0 bridgehead atoms. The lowest BCUT2D eigenvalue weighted by atomic mass is 10.2. The summed E-state index contributed by atoms with van der Waals surface area (Å²) in [6.07, 6.45) is 1.55. The van der Waals surface area contributed by atoms with Crippen LogP contribution in [0.2, 0.25) is 0 Å². The van der Waals surface area contributed by atoms with Crippen molar-refractivity contribution >= 4 is 22.9 Å². The SMILES string of the molecule is C=Cc1nc2ccccc2nc1C(=C)O. The molecule has 0 amide bonds. The fourth-order valence-corrected chi connectivity index (χ4v) is 1.37. The summed E-state index contributed by atoms with van der Waals surface area (Å²) in [7, 11) is 0. The minimum absolute atomic E-state index is 0.0943. The Bertz CT molecular complexity index is 546. The summed E-state index contributed by atoms with van der Waals surface area (Å²) in [5.41, 5.74) is 2.43. The van der Waals surface area contributed by atoms with Crippen LogP contribution in [-0.2, 0) is 0 Å². The van der Waals surface area contributed by atoms with Crippen LogP contribution in [0.1, 0.15) is 11.4 Å². The van der Waals surface area contributed by atoms with Crippen LogP contribution < -0.4 is 0 Å². The standard InChI is InChI=1S/C12H10N2O/c1-3-9-12(8(2)15)14-11-7-5-4-6-10(11)13-9/h3-7,15H,1-2H2. The molecule has 0 radical (unpaired) electrons. The molecule has 0 saturated carbocycles. The first-order valence-corrected chi connectivity index (χ1v) is 4.50. The minimum Gasteiger partial charge on any atom is -0.506 e. The highest BCUT2D eigenvalue weighted by atomic mass is 16.3. The fraction of sp³-hybridized carbons (Fsp3) is 0. The molecule has 0 unspecified atom stereocenters. The van der Waals surface area contributed by atoms with E-state index in [9.17, 15) is 5.11 Å². The van der Waals surface area contributed by atoms with Crippen molar-refractivity contribution in [2.45, 2.75) is 0 Å². The quantitative estimate of drug-likeness (QED) is 0.755. The number of para-hydroxylation sites is 2. The number of hydrogen-bond donors (Lipinski definition) is 1. The summed E-state index contributed by atoms with van der Waals surface area (Å²) in [4.78, 5) is 8.58. The largest absolute Gasteiger partial charge is 0.506 e. The third-order valence-corrected chi connectivity index (χ3v) is 2.06. The van der Waals surface area contributed by atoms with Crippen molar-refractivity contribution < 1.29 is 5.11 Å². The maximum Gasteiger partial charge on any atom is 0.136 e. The van der Waals surface area contributed by atoms with E-state index in [1.54, 1.807) is 6.08 Å². The Hall–Kier alpha value is -2.16. The molecule has 1 N–H and O–H groups in total. The average Bonchev–Trinajstić information content (AvgIpc) is 2.27. The second-order valence-corrected chi connectivity index (χ2v) is 3.10. The second kappa shape index (κ2) is 3.53. The fourth-order valence-electron chi connectivity index (χ4n) is 1.37. The summed E-state index contributed by atoms with van der Waals surface area (Å²) in [6.45, 7) is 7.07. The molecule has 2 aromatic rings. The lowest BCUT2D eigenvalue weighted by Gasteiger charge is -2.04. The van der Waals surface area contributed by atoms with E-state index in [1.807, 2.05) is 24.3 Å². The van der Waals surface area contributed by atoms with Gasteiger partial charge in [-0.15, -0.1) is 0 Å². The van der Waals surface area contributed by atoms with Gasteiger partial charge in [0.15, 0.2) is 0 Å². The number of aliphatic hydroxyl groups is 1. The van der Waals surface area contributed by atoms with Gasteiger partial charge in [-0.3, -0.25) is 0 Å². The Kier molecular flexibility index (Phi) is 2.21. The molecule has 0 atom stereocenters. The van der Waals surface area contributed by atoms with Crippen molar-refractivity contribution in [1.82, 2.24) is 9.97 Å². The van der Waals surface area contributed by atoms with Crippen LogP contribution in [0.25, 0.3) is 22.9 Å². The van der Waals surface area contributed by atoms with Crippen molar-refractivity contribution in [3.05, 3.63) is 48.8 Å². The zero-order valence-electron chi connectivity index (χ0n) is 8.14. The van der Waals surface area contributed by atoms with Gasteiger partial charge in [0.25, 0.3) is 0 Å². The van der Waals surface area contributed by atoms with E-state index in [0.29, 0.717) is 11.4 Å². The Morgan fingerprint density at radius 3 is 2.33 bits per heavy atom. The average molecular weight is 198 g/mol. The Morgan fingerprint density at radius 1 is 1.20 bits per heavy atom. The van der Waals surface area contributed by atoms with Gasteiger partial charge in [0.05, 0.1) is 16.7 Å². The maximum absolute atomic E-state index is 9.35. The monoisotopic (exact) mass is 198 g/mol. The van der Waals surface area contributed by atoms with Crippen molar-refractivity contribution in [3.8, 4) is 0 Å². The van der Waals surface area contributed by atoms with Gasteiger partial charge in [0.2, 0.25) is 0 Å². The first kappa shape index (κ1) is 9.40. The van der Waals surface area contributed by atoms with Gasteiger partial charge in [0, 0.05) is 0 Å². The molecule has 15 heavy (non-hydrogen) atoms. The molecule has 74 valence electrons. The van der Waals surface area contributed by atoms with Crippen molar-refractivity contribution in [3.63, 3.8) is 0 Å². The number of fused-ring (bicyclic) bond motifs is 1. The van der Waals surface area contributed by atoms with E-state index >= 15 is 0 Å². The van der Waals surface area contributed by atoms with Gasteiger partial charge in [0.1, 0.15) is 11.5 Å². The van der Waals surface area contributed by atoms with Gasteiger partial charge in [-0.25, -0.2) is 9.97 Å². The Labute approximate surface area is 87.4 Å². The van der Waals surface area contributed by atoms with E-state index in [2.05, 4.69) is 23.1 Å². The molecular weight excluding hydrogens is 188 g/mol. The summed E-state index contributed by atoms with van der Waals surface area (Å²) < 4.78 is 0. The topological polar surface area (TPSA) is 46.0 Å². The maximum atomic E-state index is 9.35. The molecule has 0 fully saturated rings. The normalized spacial score (nSPS) is 10.1. The number of aliphatic hydroxyl groups excluding tert-OH is 1. The van der Waals surface area contributed by atoms with Crippen LogP contribution in [0.4, 0.5) is 0 Å². The van der Waals surface area contributed by atoms with E-state index < -0.39 is 0 Å². The lowest BCUT2D eigenvalue weighted by Crippen LogP contribution is -1.96. The van der Waals surface area contributed by atoms with E-state index in [4.69, 9.17) is 0 Å². The molecular formula is C12H10N2O. The summed E-state index contributed by atoms with van der Waals surface area (Å²) in [6, 6.07) is 7.45. The van der Waals surface area contributed by atoms with Crippen molar-refractivity contribution in [2.24, 2.45) is 0 Å². The number of rotatable bonds is 2. The van der Waals surface area contributed by atoms with Crippen molar-refractivity contribution in [1.29, 1.82) is 0 Å². The third-order valence-electron chi connectivity index (χ3n) is 2.06. The van der Waals surface area contributed by atoms with E-state index in [-0.39, 0.29) is 5.76 Å². The molecule has 3 nitrogen and oxygen atoms in total. The molecule has 0 aliphatic heterocycles. The first-order chi connectivity index (χ1) is 7.22. The second-order valence-electron chi connectivity index (χ2n) is 3.10. The zero-order valence-corrected chi connectivity index (χ0v) is 8.14. The van der Waals surface area contributed by atoms with Gasteiger partial charge in [-0.1, -0.05) is 25.3 Å². The molecule has 0 aliphatic carbocycles. The van der Waals surface area contributed by atoms with Crippen LogP contribution in [-0.4, -0.2) is 15.1 Å². The number of benzene rings is 1. The van der Waals surface area contributed by atoms with Crippen LogP contribution in [0.3, 0.4) is 0 Å². The van der Waals surface area contributed by atoms with Crippen LogP contribution in [0, 0.1) is 0 Å². The molecule has 1 aromatic carbocycles. The van der Waals surface area contributed by atoms with Crippen LogP contribution in [0.15, 0.2) is 37.4 Å². The molecule has 0 spiro atoms. The molecule has 1 heterocycles. The zero-order chi connectivity index (χ0) is 10.8. The molecule has 3 heteroatoms. The van der Waals surface area contributed by atoms with E-state index in [0.717, 1.165) is 11.0 Å². The van der Waals surface area contributed by atoms with Gasteiger partial charge in [-0.05, 0) is 18.2 Å². The molecule has 1 aromatic heterocycles. The molecule has 0 aliphatic rings. The van der Waals surface area contributed by atoms with Crippen LogP contribution in [0.5, 0.6) is 0 Å². The van der Waals surface area contributed by atoms with Gasteiger partial charge >= 0.3 is 0 Å². The predicted octanol–water partition coefficient (Wildman–Crippen LogP) is 2.80. The molecule has 2 rings (SSSR count). The number of hydrogen-bond acceptors (Lipinski definition) is 3. The Morgan fingerprint density at radius 2 is 1.80 bits per heavy atom. The van der Waals surface area contributed by atoms with E-state index in [1.165, 1.54) is 0 Å². The third kappa shape index (κ3) is 1.59. The molecule has 0 saturated heterocycles. The highest BCUT2D eigenvalue weighted by molar-refractivity contribution is 5.78. The first-order valence-electron chi connectivity index (χ1n) is 4.50. The summed E-state index contributed by atoms with van der Waals surface area (Å²) in [5.74, 6) is -0.0943. The minimum atomic E-state index is -0.0943. The number of nitrogens with zero attached hydrogens (tertiary/aromatic N) is 2. The Balaban J connectivity index is 2.80. The lowest BCUT2D eigenvalue weighted by molar-refractivity contribution is 0.510. The highest BCUT2D eigenvalue weighted by Gasteiger charge is 2.07. The highest BCUT2D eigenvalue weighted by Crippen LogP contribution is 2.17. The summed E-state index contributed by atoms with van der Waals surface area (Å²) >= 11 is 0. The predicted molar refractivity (Wildman–Crippen MR) is 61.3 cm³/mol. The van der Waals surface area contributed by atoms with Gasteiger partial charge in [-0.2, -0.15) is 0 Å². The number of aromatic nitrogens is 2. The summed E-state index contributed by atoms with van der Waals surface area (Å²) in [5, 5.41) is 9.35. The van der Waals surface area contributed by atoms with Crippen LogP contribution >= 0.6 is 0 Å². The van der Waals surface area contributed by atoms with Crippen molar-refractivity contribution in [2.75, 3.05) is 0 Å². The smallest absolute Gasteiger partial charge is 0.136 e.